The second-order valence-corrected chi connectivity index (χ2v) is 6.68. The molecule has 4 rings (SSSR count). The highest BCUT2D eigenvalue weighted by Gasteiger charge is 2.73. The summed E-state index contributed by atoms with van der Waals surface area (Å²) in [7, 11) is 5.43. The summed E-state index contributed by atoms with van der Waals surface area (Å²) in [5.41, 5.74) is 1.26. The summed E-state index contributed by atoms with van der Waals surface area (Å²) >= 11 is 0. The van der Waals surface area contributed by atoms with Crippen LogP contribution in [0, 0.1) is 0 Å². The fourth-order valence-electron chi connectivity index (χ4n) is 4.29. The molecule has 0 spiro atoms. The molecule has 150 valence electrons. The maximum Gasteiger partial charge on any atom is 0.410 e. The number of nitrogens with zero attached hydrogens (tertiary/aromatic N) is 2. The Morgan fingerprint density at radius 2 is 1.96 bits per heavy atom. The van der Waals surface area contributed by atoms with Crippen molar-refractivity contribution in [2.24, 2.45) is 0 Å². The second-order valence-electron chi connectivity index (χ2n) is 6.68. The lowest BCUT2D eigenvalue weighted by atomic mass is 9.83. The highest BCUT2D eigenvalue weighted by molar-refractivity contribution is 5.93. The first kappa shape index (κ1) is 18.5. The van der Waals surface area contributed by atoms with Crippen LogP contribution in [0.3, 0.4) is 0 Å². The van der Waals surface area contributed by atoms with E-state index in [4.69, 9.17) is 23.8 Å². The quantitative estimate of drug-likeness (QED) is 0.416. The molecule has 3 heterocycles. The normalized spacial score (nSPS) is 29.4. The minimum absolute atomic E-state index is 0.249. The van der Waals surface area contributed by atoms with Crippen molar-refractivity contribution in [3.05, 3.63) is 23.3 Å². The SMILES string of the molecule is COC(=O)c1cc(OC)c2c(c1)N1C[C@H]3[C@H](N3C(=O)OC)[C@@](OC)(O1)[C@H]2C=O. The van der Waals surface area contributed by atoms with Crippen LogP contribution in [0.2, 0.25) is 0 Å². The maximum atomic E-state index is 12.2. The zero-order valence-corrected chi connectivity index (χ0v) is 15.8. The van der Waals surface area contributed by atoms with Gasteiger partial charge in [0.05, 0.1) is 45.2 Å². The van der Waals surface area contributed by atoms with E-state index in [0.717, 1.165) is 0 Å². The lowest BCUT2D eigenvalue weighted by molar-refractivity contribution is -0.256. The number of methoxy groups -OCH3 is 4. The second kappa shape index (κ2) is 6.35. The largest absolute Gasteiger partial charge is 0.496 e. The van der Waals surface area contributed by atoms with Crippen LogP contribution in [0.15, 0.2) is 12.1 Å². The van der Waals surface area contributed by atoms with Crippen LogP contribution in [0.1, 0.15) is 21.8 Å². The molecule has 3 aliphatic heterocycles. The minimum atomic E-state index is -1.42. The summed E-state index contributed by atoms with van der Waals surface area (Å²) in [6, 6.07) is 2.33. The summed E-state index contributed by atoms with van der Waals surface area (Å²) in [6.45, 7) is 0.317. The molecule has 0 radical (unpaired) electrons. The van der Waals surface area contributed by atoms with E-state index in [1.165, 1.54) is 44.5 Å². The molecule has 1 aromatic rings. The molecule has 0 aliphatic carbocycles. The lowest BCUT2D eigenvalue weighted by Gasteiger charge is -2.48. The van der Waals surface area contributed by atoms with Crippen molar-refractivity contribution in [1.29, 1.82) is 0 Å². The molecule has 1 amide bonds. The molecular weight excluding hydrogens is 372 g/mol. The number of carbonyl (C=O) groups excluding carboxylic acids is 3. The Morgan fingerprint density at radius 1 is 1.21 bits per heavy atom. The maximum absolute atomic E-state index is 12.2. The smallest absolute Gasteiger partial charge is 0.410 e. The average molecular weight is 392 g/mol. The molecule has 2 saturated heterocycles. The van der Waals surface area contributed by atoms with Gasteiger partial charge in [0.2, 0.25) is 5.79 Å². The first-order chi connectivity index (χ1) is 13.5. The van der Waals surface area contributed by atoms with E-state index in [1.54, 1.807) is 6.07 Å². The Morgan fingerprint density at radius 3 is 2.54 bits per heavy atom. The fraction of sp³-hybridized carbons (Fsp3) is 0.500. The fourth-order valence-corrected chi connectivity index (χ4v) is 4.29. The molecular formula is C18H20N2O8. The summed E-state index contributed by atoms with van der Waals surface area (Å²) < 4.78 is 20.8. The number of hydroxylamine groups is 1. The van der Waals surface area contributed by atoms with E-state index in [2.05, 4.69) is 0 Å². The van der Waals surface area contributed by atoms with Gasteiger partial charge in [0.1, 0.15) is 24.0 Å². The van der Waals surface area contributed by atoms with Gasteiger partial charge in [-0.15, -0.1) is 0 Å². The van der Waals surface area contributed by atoms with E-state index >= 15 is 0 Å². The first-order valence-electron chi connectivity index (χ1n) is 8.61. The predicted octanol–water partition coefficient (Wildman–Crippen LogP) is 0.691. The van der Waals surface area contributed by atoms with Crippen LogP contribution in [-0.4, -0.2) is 76.1 Å². The van der Waals surface area contributed by atoms with Crippen molar-refractivity contribution in [3.8, 4) is 5.75 Å². The highest BCUT2D eigenvalue weighted by Crippen LogP contribution is 2.57. The summed E-state index contributed by atoms with van der Waals surface area (Å²) in [5.74, 6) is -2.54. The Kier molecular flexibility index (Phi) is 4.20. The van der Waals surface area contributed by atoms with Crippen molar-refractivity contribution in [2.45, 2.75) is 23.8 Å². The number of carbonyl (C=O) groups is 3. The van der Waals surface area contributed by atoms with Gasteiger partial charge in [0.25, 0.3) is 0 Å². The van der Waals surface area contributed by atoms with Crippen LogP contribution in [0.4, 0.5) is 10.5 Å². The number of fused-ring (bicyclic) bond motifs is 6. The predicted molar refractivity (Wildman–Crippen MR) is 93.1 cm³/mol. The Labute approximate surface area is 160 Å². The van der Waals surface area contributed by atoms with Crippen molar-refractivity contribution < 1.29 is 38.2 Å². The molecule has 10 nitrogen and oxygen atoms in total. The molecule has 1 aromatic carbocycles. The molecule has 28 heavy (non-hydrogen) atoms. The van der Waals surface area contributed by atoms with E-state index < -0.39 is 29.8 Å². The van der Waals surface area contributed by atoms with Crippen molar-refractivity contribution in [3.63, 3.8) is 0 Å². The lowest BCUT2D eigenvalue weighted by Crippen LogP contribution is -2.60. The third kappa shape index (κ3) is 2.24. The van der Waals surface area contributed by atoms with Gasteiger partial charge in [-0.3, -0.25) is 4.90 Å². The van der Waals surface area contributed by atoms with E-state index in [-0.39, 0.29) is 11.6 Å². The van der Waals surface area contributed by atoms with Gasteiger partial charge in [-0.05, 0) is 12.1 Å². The Bertz CT molecular complexity index is 858. The van der Waals surface area contributed by atoms with Crippen molar-refractivity contribution in [1.82, 2.24) is 4.90 Å². The van der Waals surface area contributed by atoms with Crippen LogP contribution >= 0.6 is 0 Å². The number of anilines is 1. The average Bonchev–Trinajstić information content (AvgIpc) is 3.47. The third-order valence-corrected chi connectivity index (χ3v) is 5.56. The van der Waals surface area contributed by atoms with Gasteiger partial charge in [0.15, 0.2) is 0 Å². The van der Waals surface area contributed by atoms with Crippen molar-refractivity contribution in [2.75, 3.05) is 40.0 Å². The highest BCUT2D eigenvalue weighted by atomic mass is 16.8. The molecule has 0 aromatic heterocycles. The van der Waals surface area contributed by atoms with E-state index in [1.807, 2.05) is 0 Å². The molecule has 10 heteroatoms. The van der Waals surface area contributed by atoms with Crippen LogP contribution in [0.25, 0.3) is 0 Å². The number of benzene rings is 1. The zero-order valence-electron chi connectivity index (χ0n) is 15.8. The third-order valence-electron chi connectivity index (χ3n) is 5.56. The summed E-state index contributed by atoms with van der Waals surface area (Å²) in [5, 5.41) is 1.53. The summed E-state index contributed by atoms with van der Waals surface area (Å²) in [6.07, 6.45) is 0.176. The molecule has 4 atom stereocenters. The standard InChI is InChI=1S/C18H20N2O8/c1-24-13-6-9(16(22)25-2)5-11-14(13)10(8-21)18(27-4)15-12(7-19(11)28-18)20(15)17(23)26-3/h5-6,8,10,12,15H,7H2,1-4H3/t10-,12-,15-,18-,20?/m0/s1. The van der Waals surface area contributed by atoms with Gasteiger partial charge in [-0.25, -0.2) is 19.5 Å². The monoisotopic (exact) mass is 392 g/mol. The molecule has 0 N–H and O–H groups in total. The minimum Gasteiger partial charge on any atom is -0.496 e. The van der Waals surface area contributed by atoms with E-state index in [0.29, 0.717) is 29.8 Å². The van der Waals surface area contributed by atoms with Crippen LogP contribution in [-0.2, 0) is 23.8 Å². The molecule has 0 unspecified atom stereocenters. The first-order valence-corrected chi connectivity index (χ1v) is 8.61. The van der Waals surface area contributed by atoms with Crippen LogP contribution in [0.5, 0.6) is 5.75 Å². The van der Waals surface area contributed by atoms with Gasteiger partial charge >= 0.3 is 12.1 Å². The number of aldehydes is 1. The summed E-state index contributed by atoms with van der Waals surface area (Å²) in [4.78, 5) is 43.9. The van der Waals surface area contributed by atoms with Crippen LogP contribution < -0.4 is 9.80 Å². The van der Waals surface area contributed by atoms with Crippen molar-refractivity contribution >= 4 is 24.0 Å². The van der Waals surface area contributed by atoms with Gasteiger partial charge in [0, 0.05) is 12.7 Å². The topological polar surface area (TPSA) is 104 Å². The number of hydrogen-bond acceptors (Lipinski definition) is 9. The van der Waals surface area contributed by atoms with Gasteiger partial charge in [-0.2, -0.15) is 0 Å². The number of rotatable bonds is 4. The zero-order chi connectivity index (χ0) is 20.2. The van der Waals surface area contributed by atoms with E-state index in [9.17, 15) is 14.4 Å². The Hall–Kier alpha value is -2.85. The molecule has 0 saturated carbocycles. The molecule has 2 fully saturated rings. The number of hydrogen-bond donors (Lipinski definition) is 0. The molecule has 2 bridgehead atoms. The Balaban J connectivity index is 1.89. The molecule has 3 aliphatic rings. The van der Waals surface area contributed by atoms with Gasteiger partial charge < -0.3 is 23.7 Å². The number of amides is 1. The number of ether oxygens (including phenoxy) is 4. The van der Waals surface area contributed by atoms with Gasteiger partial charge in [-0.1, -0.05) is 0 Å². The number of esters is 1.